The molecule has 5 heteroatoms. The molecule has 2 atom stereocenters. The molecule has 0 aromatic rings. The van der Waals surface area contributed by atoms with Crippen LogP contribution in [0, 0.1) is 11.8 Å². The molecule has 5 nitrogen and oxygen atoms in total. The summed E-state index contributed by atoms with van der Waals surface area (Å²) in [5, 5.41) is 0. The summed E-state index contributed by atoms with van der Waals surface area (Å²) in [6, 6.07) is 0. The maximum Gasteiger partial charge on any atom is 0.173 e. The lowest BCUT2D eigenvalue weighted by Crippen LogP contribution is -2.48. The molecule has 0 bridgehead atoms. The predicted octanol–water partition coefficient (Wildman–Crippen LogP) is 17.9. The molecule has 0 heterocycles. The normalized spacial score (nSPS) is 13.4. The second kappa shape index (κ2) is 44.4. The molecule has 0 saturated carbocycles. The smallest absolute Gasteiger partial charge is 0.173 e. The zero-order valence-corrected chi connectivity index (χ0v) is 41.9. The van der Waals surface area contributed by atoms with Gasteiger partial charge in [0.05, 0.1) is 39.6 Å². The summed E-state index contributed by atoms with van der Waals surface area (Å²) in [6.07, 6.45) is 44.7. The fraction of sp³-hybridized carbons (Fsp3) is 1.00. The summed E-state index contributed by atoms with van der Waals surface area (Å²) in [4.78, 5) is 0. The van der Waals surface area contributed by atoms with Crippen LogP contribution in [-0.2, 0) is 23.7 Å². The Kier molecular flexibility index (Phi) is 44.3. The Hall–Kier alpha value is -0.200. The number of hydrogen-bond donors (Lipinski definition) is 0. The van der Waals surface area contributed by atoms with Crippen molar-refractivity contribution in [3.63, 3.8) is 0 Å². The van der Waals surface area contributed by atoms with Crippen LogP contribution in [0.3, 0.4) is 0 Å². The minimum atomic E-state index is -0.582. The van der Waals surface area contributed by atoms with Crippen molar-refractivity contribution in [2.75, 3.05) is 39.6 Å². The average molecular weight is 839 g/mol. The lowest BCUT2D eigenvalue weighted by Gasteiger charge is -2.43. The largest absolute Gasteiger partial charge is 0.380 e. The van der Waals surface area contributed by atoms with E-state index < -0.39 is 11.6 Å². The van der Waals surface area contributed by atoms with Gasteiger partial charge in [-0.15, -0.1) is 0 Å². The van der Waals surface area contributed by atoms with Gasteiger partial charge in [0.2, 0.25) is 0 Å². The Morgan fingerprint density at radius 1 is 0.271 bits per heavy atom. The Balaban J connectivity index is 5.95. The van der Waals surface area contributed by atoms with Crippen molar-refractivity contribution in [1.29, 1.82) is 0 Å². The van der Waals surface area contributed by atoms with Crippen LogP contribution in [0.1, 0.15) is 287 Å². The summed E-state index contributed by atoms with van der Waals surface area (Å²) in [5.41, 5.74) is 0. The van der Waals surface area contributed by atoms with Gasteiger partial charge < -0.3 is 23.7 Å². The van der Waals surface area contributed by atoms with E-state index in [2.05, 4.69) is 55.4 Å². The van der Waals surface area contributed by atoms with Crippen LogP contribution in [0.25, 0.3) is 0 Å². The molecule has 356 valence electrons. The van der Waals surface area contributed by atoms with Gasteiger partial charge in [-0.25, -0.2) is 0 Å². The highest BCUT2D eigenvalue weighted by molar-refractivity contribution is 4.84. The van der Waals surface area contributed by atoms with Gasteiger partial charge in [0.25, 0.3) is 0 Å². The van der Waals surface area contributed by atoms with Gasteiger partial charge in [-0.3, -0.25) is 0 Å². The van der Waals surface area contributed by atoms with Gasteiger partial charge in [-0.1, -0.05) is 222 Å². The average Bonchev–Trinajstić information content (AvgIpc) is 3.24. The van der Waals surface area contributed by atoms with E-state index in [1.54, 1.807) is 0 Å². The summed E-state index contributed by atoms with van der Waals surface area (Å²) >= 11 is 0. The maximum atomic E-state index is 7.00. The maximum absolute atomic E-state index is 7.00. The molecular weight excluding hydrogens is 729 g/mol. The summed E-state index contributed by atoms with van der Waals surface area (Å²) in [5.74, 6) is -0.756. The van der Waals surface area contributed by atoms with Crippen molar-refractivity contribution in [1.82, 2.24) is 0 Å². The SMILES string of the molecule is CCCCCCCCCCCCCC(OCCCC)(OCCCC)C(CCC)COCC(CCC)C(CCCCCCCCCCCCC)(OCCCC)OCCCC. The molecule has 0 aromatic heterocycles. The van der Waals surface area contributed by atoms with Crippen LogP contribution >= 0.6 is 0 Å². The standard InChI is InChI=1S/C54H110O5/c1-9-17-23-25-27-29-31-33-35-37-39-43-53(56-45-19-11-3,57-46-20-12-4)51(41-15-7)49-55-50-52(42-16-8)54(58-47-21-13-5,59-48-22-14-6)44-40-38-36-34-32-30-28-26-24-18-10-2/h51-52H,9-50H2,1-8H3. The van der Waals surface area contributed by atoms with Gasteiger partial charge in [0.15, 0.2) is 11.6 Å². The van der Waals surface area contributed by atoms with Gasteiger partial charge in [0, 0.05) is 24.7 Å². The molecule has 0 rings (SSSR count). The van der Waals surface area contributed by atoms with E-state index >= 15 is 0 Å². The molecule has 0 fully saturated rings. The van der Waals surface area contributed by atoms with Crippen LogP contribution in [0.5, 0.6) is 0 Å². The third kappa shape index (κ3) is 31.3. The summed E-state index contributed by atoms with van der Waals surface area (Å²) < 4.78 is 35.0. The number of rotatable bonds is 50. The molecule has 2 unspecified atom stereocenters. The minimum absolute atomic E-state index is 0.203. The van der Waals surface area contributed by atoms with E-state index in [1.807, 2.05) is 0 Å². The van der Waals surface area contributed by atoms with Gasteiger partial charge in [-0.2, -0.15) is 0 Å². The van der Waals surface area contributed by atoms with Crippen LogP contribution in [0.15, 0.2) is 0 Å². The molecular formula is C54H110O5. The molecule has 0 N–H and O–H groups in total. The van der Waals surface area contributed by atoms with E-state index in [9.17, 15) is 0 Å². The van der Waals surface area contributed by atoms with Gasteiger partial charge >= 0.3 is 0 Å². The highest BCUT2D eigenvalue weighted by Gasteiger charge is 2.43. The molecule has 59 heavy (non-hydrogen) atoms. The van der Waals surface area contributed by atoms with Crippen LogP contribution < -0.4 is 0 Å². The second-order valence-corrected chi connectivity index (χ2v) is 18.5. The lowest BCUT2D eigenvalue weighted by atomic mass is 9.88. The minimum Gasteiger partial charge on any atom is -0.380 e. The Morgan fingerprint density at radius 3 is 0.746 bits per heavy atom. The second-order valence-electron chi connectivity index (χ2n) is 18.5. The number of unbranched alkanes of at least 4 members (excludes halogenated alkanes) is 24. The first kappa shape index (κ1) is 58.8. The first-order valence-corrected chi connectivity index (χ1v) is 27.1. The Morgan fingerprint density at radius 2 is 0.508 bits per heavy atom. The molecule has 0 radical (unpaired) electrons. The number of hydrogen-bond acceptors (Lipinski definition) is 5. The Labute approximate surface area is 372 Å². The van der Waals surface area contributed by atoms with Crippen LogP contribution in [-0.4, -0.2) is 51.2 Å². The molecule has 0 aliphatic rings. The summed E-state index contributed by atoms with van der Waals surface area (Å²) in [6.45, 7) is 22.7. The fourth-order valence-corrected chi connectivity index (χ4v) is 8.79. The van der Waals surface area contributed by atoms with Gasteiger partial charge in [0.1, 0.15) is 0 Å². The van der Waals surface area contributed by atoms with Crippen molar-refractivity contribution >= 4 is 0 Å². The van der Waals surface area contributed by atoms with Gasteiger partial charge in [-0.05, 0) is 51.4 Å². The van der Waals surface area contributed by atoms with E-state index in [-0.39, 0.29) is 11.8 Å². The predicted molar refractivity (Wildman–Crippen MR) is 259 cm³/mol. The zero-order chi connectivity index (χ0) is 43.4. The topological polar surface area (TPSA) is 46.2 Å². The first-order chi connectivity index (χ1) is 29.0. The van der Waals surface area contributed by atoms with E-state index in [1.165, 1.54) is 128 Å². The molecule has 0 saturated heterocycles. The zero-order valence-electron chi connectivity index (χ0n) is 41.9. The van der Waals surface area contributed by atoms with Crippen molar-refractivity contribution in [2.24, 2.45) is 11.8 Å². The first-order valence-electron chi connectivity index (χ1n) is 27.1. The molecule has 0 aromatic carbocycles. The van der Waals surface area contributed by atoms with Crippen molar-refractivity contribution in [2.45, 2.75) is 298 Å². The van der Waals surface area contributed by atoms with Crippen molar-refractivity contribution in [3.8, 4) is 0 Å². The summed E-state index contributed by atoms with van der Waals surface area (Å²) in [7, 11) is 0. The highest BCUT2D eigenvalue weighted by Crippen LogP contribution is 2.38. The quantitative estimate of drug-likeness (QED) is 0.0451. The molecule has 0 aliphatic heterocycles. The third-order valence-electron chi connectivity index (χ3n) is 12.8. The molecule has 0 spiro atoms. The lowest BCUT2D eigenvalue weighted by molar-refractivity contribution is -0.291. The fourth-order valence-electron chi connectivity index (χ4n) is 8.79. The monoisotopic (exact) mass is 839 g/mol. The van der Waals surface area contributed by atoms with E-state index in [4.69, 9.17) is 23.7 Å². The van der Waals surface area contributed by atoms with Crippen LogP contribution in [0.2, 0.25) is 0 Å². The van der Waals surface area contributed by atoms with E-state index in [0.29, 0.717) is 13.2 Å². The Bertz CT molecular complexity index is 720. The highest BCUT2D eigenvalue weighted by atomic mass is 16.7. The van der Waals surface area contributed by atoms with E-state index in [0.717, 1.165) is 129 Å². The van der Waals surface area contributed by atoms with Crippen molar-refractivity contribution in [3.05, 3.63) is 0 Å². The van der Waals surface area contributed by atoms with Crippen molar-refractivity contribution < 1.29 is 23.7 Å². The molecule has 0 aliphatic carbocycles. The van der Waals surface area contributed by atoms with Crippen LogP contribution in [0.4, 0.5) is 0 Å². The molecule has 0 amide bonds. The third-order valence-corrected chi connectivity index (χ3v) is 12.8. The number of ether oxygens (including phenoxy) is 5.